The predicted molar refractivity (Wildman–Crippen MR) is 68.6 cm³/mol. The zero-order chi connectivity index (χ0) is 13.5. The first-order valence-electron chi connectivity index (χ1n) is 5.83. The Morgan fingerprint density at radius 3 is 2.78 bits per heavy atom. The summed E-state index contributed by atoms with van der Waals surface area (Å²) in [5, 5.41) is 7.28. The van der Waals surface area contributed by atoms with Crippen molar-refractivity contribution < 1.29 is 14.3 Å². The molecule has 1 heterocycles. The molecule has 0 fully saturated rings. The van der Waals surface area contributed by atoms with Crippen molar-refractivity contribution >= 4 is 17.6 Å². The molecule has 3 N–H and O–H groups in total. The molecule has 0 saturated heterocycles. The Kier molecular flexibility index (Phi) is 5.44. The van der Waals surface area contributed by atoms with Crippen molar-refractivity contribution in [2.75, 3.05) is 38.4 Å². The molecule has 102 valence electrons. The number of hydrogen-bond donors (Lipinski definition) is 2. The number of hydrogen-bond acceptors (Lipinski definition) is 6. The van der Waals surface area contributed by atoms with E-state index in [9.17, 15) is 4.79 Å². The minimum atomic E-state index is -0.491. The number of carbonyl (C=O) groups is 1. The fourth-order valence-corrected chi connectivity index (χ4v) is 1.56. The summed E-state index contributed by atoms with van der Waals surface area (Å²) in [5.74, 6) is 0.267. The van der Waals surface area contributed by atoms with Crippen LogP contribution in [0.25, 0.3) is 0 Å². The second kappa shape index (κ2) is 6.85. The first-order valence-corrected chi connectivity index (χ1v) is 5.83. The number of nitrogen functional groups attached to an aromatic ring is 1. The number of anilines is 2. The van der Waals surface area contributed by atoms with E-state index in [1.54, 1.807) is 11.8 Å². The number of esters is 1. The first-order chi connectivity index (χ1) is 8.65. The molecule has 0 radical (unpaired) electrons. The van der Waals surface area contributed by atoms with Crippen molar-refractivity contribution in [3.05, 3.63) is 5.56 Å². The van der Waals surface area contributed by atoms with Crippen LogP contribution in [0.1, 0.15) is 23.7 Å². The largest absolute Gasteiger partial charge is 0.465 e. The topological polar surface area (TPSA) is 91.4 Å². The summed E-state index contributed by atoms with van der Waals surface area (Å²) >= 11 is 0. The van der Waals surface area contributed by atoms with Crippen LogP contribution in [0, 0.1) is 0 Å². The molecule has 0 aromatic carbocycles. The molecule has 18 heavy (non-hydrogen) atoms. The lowest BCUT2D eigenvalue weighted by Gasteiger charge is -2.04. The van der Waals surface area contributed by atoms with Crippen LogP contribution in [0.4, 0.5) is 11.6 Å². The number of nitrogens with two attached hydrogens (primary N) is 1. The minimum absolute atomic E-state index is 0.280. The van der Waals surface area contributed by atoms with E-state index in [1.807, 2.05) is 6.92 Å². The first kappa shape index (κ1) is 14.3. The van der Waals surface area contributed by atoms with Crippen LogP contribution >= 0.6 is 0 Å². The van der Waals surface area contributed by atoms with E-state index in [0.29, 0.717) is 31.3 Å². The SMILES string of the molecule is CCCn1nc(NCCOC)c(C(=O)OC)c1N. The molecule has 0 amide bonds. The van der Waals surface area contributed by atoms with Crippen molar-refractivity contribution in [3.63, 3.8) is 0 Å². The molecular formula is C11H20N4O3. The van der Waals surface area contributed by atoms with Gasteiger partial charge in [0.05, 0.1) is 13.7 Å². The molecule has 0 saturated carbocycles. The summed E-state index contributed by atoms with van der Waals surface area (Å²) in [5.41, 5.74) is 6.18. The maximum atomic E-state index is 11.7. The van der Waals surface area contributed by atoms with Gasteiger partial charge in [-0.25, -0.2) is 9.48 Å². The zero-order valence-corrected chi connectivity index (χ0v) is 11.0. The van der Waals surface area contributed by atoms with Gasteiger partial charge >= 0.3 is 5.97 Å². The standard InChI is InChI=1S/C11H20N4O3/c1-4-6-15-9(12)8(11(16)18-3)10(14-15)13-5-7-17-2/h4-7,12H2,1-3H3,(H,13,14). The van der Waals surface area contributed by atoms with Gasteiger partial charge in [-0.15, -0.1) is 0 Å². The normalized spacial score (nSPS) is 10.4. The molecular weight excluding hydrogens is 236 g/mol. The van der Waals surface area contributed by atoms with E-state index < -0.39 is 5.97 Å². The Balaban J connectivity index is 2.97. The summed E-state index contributed by atoms with van der Waals surface area (Å²) in [6.45, 7) is 3.73. The fraction of sp³-hybridized carbons (Fsp3) is 0.636. The average molecular weight is 256 g/mol. The van der Waals surface area contributed by atoms with E-state index >= 15 is 0 Å². The van der Waals surface area contributed by atoms with Gasteiger partial charge < -0.3 is 20.5 Å². The summed E-state index contributed by atoms with van der Waals surface area (Å²) in [6.07, 6.45) is 0.879. The number of aryl methyl sites for hydroxylation is 1. The molecule has 0 bridgehead atoms. The third-order valence-electron chi connectivity index (χ3n) is 2.42. The van der Waals surface area contributed by atoms with Crippen molar-refractivity contribution in [2.45, 2.75) is 19.9 Å². The van der Waals surface area contributed by atoms with Crippen LogP contribution in [0.3, 0.4) is 0 Å². The molecule has 0 atom stereocenters. The molecule has 7 heteroatoms. The fourth-order valence-electron chi connectivity index (χ4n) is 1.56. The van der Waals surface area contributed by atoms with Gasteiger partial charge in [-0.1, -0.05) is 6.92 Å². The maximum Gasteiger partial charge on any atom is 0.345 e. The number of aromatic nitrogens is 2. The van der Waals surface area contributed by atoms with Crippen LogP contribution in [0.5, 0.6) is 0 Å². The van der Waals surface area contributed by atoms with Gasteiger partial charge in [0.15, 0.2) is 5.82 Å². The quantitative estimate of drug-likeness (QED) is 0.551. The predicted octanol–water partition coefficient (Wildman–Crippen LogP) is 0.720. The third-order valence-corrected chi connectivity index (χ3v) is 2.42. The number of nitrogens with one attached hydrogen (secondary N) is 1. The van der Waals surface area contributed by atoms with Crippen LogP contribution in [-0.4, -0.2) is 43.1 Å². The lowest BCUT2D eigenvalue weighted by Crippen LogP contribution is -2.12. The van der Waals surface area contributed by atoms with E-state index in [4.69, 9.17) is 15.2 Å². The monoisotopic (exact) mass is 256 g/mol. The van der Waals surface area contributed by atoms with Gasteiger partial charge in [0.2, 0.25) is 0 Å². The van der Waals surface area contributed by atoms with Crippen molar-refractivity contribution in [3.8, 4) is 0 Å². The Morgan fingerprint density at radius 1 is 1.50 bits per heavy atom. The molecule has 7 nitrogen and oxygen atoms in total. The lowest BCUT2D eigenvalue weighted by atomic mass is 10.3. The van der Waals surface area contributed by atoms with E-state index in [2.05, 4.69) is 10.4 Å². The maximum absolute atomic E-state index is 11.7. The zero-order valence-electron chi connectivity index (χ0n) is 11.0. The summed E-state index contributed by atoms with van der Waals surface area (Å²) in [6, 6.07) is 0. The second-order valence-corrected chi connectivity index (χ2v) is 3.74. The highest BCUT2D eigenvalue weighted by atomic mass is 16.5. The van der Waals surface area contributed by atoms with Crippen molar-refractivity contribution in [1.29, 1.82) is 0 Å². The summed E-state index contributed by atoms with van der Waals surface area (Å²) in [7, 11) is 2.92. The number of methoxy groups -OCH3 is 2. The van der Waals surface area contributed by atoms with Gasteiger partial charge in [-0.05, 0) is 6.42 Å². The van der Waals surface area contributed by atoms with Crippen molar-refractivity contribution in [1.82, 2.24) is 9.78 Å². The Hall–Kier alpha value is -1.76. The van der Waals surface area contributed by atoms with E-state index in [-0.39, 0.29) is 5.56 Å². The van der Waals surface area contributed by atoms with Crippen LogP contribution in [-0.2, 0) is 16.0 Å². The molecule has 0 aliphatic rings. The number of carbonyl (C=O) groups excluding carboxylic acids is 1. The number of nitrogens with zero attached hydrogens (tertiary/aromatic N) is 2. The number of rotatable bonds is 7. The average Bonchev–Trinajstić information content (AvgIpc) is 2.66. The molecule has 1 rings (SSSR count). The van der Waals surface area contributed by atoms with Crippen LogP contribution in [0.2, 0.25) is 0 Å². The highest BCUT2D eigenvalue weighted by molar-refractivity contribution is 5.99. The van der Waals surface area contributed by atoms with Gasteiger partial charge in [-0.3, -0.25) is 0 Å². The highest BCUT2D eigenvalue weighted by Gasteiger charge is 2.22. The second-order valence-electron chi connectivity index (χ2n) is 3.74. The van der Waals surface area contributed by atoms with Crippen molar-refractivity contribution in [2.24, 2.45) is 0 Å². The Labute approximate surface area is 106 Å². The summed E-state index contributed by atoms with van der Waals surface area (Å²) < 4.78 is 11.2. The molecule has 1 aromatic rings. The molecule has 0 spiro atoms. The van der Waals surface area contributed by atoms with Crippen LogP contribution in [0.15, 0.2) is 0 Å². The highest BCUT2D eigenvalue weighted by Crippen LogP contribution is 2.22. The lowest BCUT2D eigenvalue weighted by molar-refractivity contribution is 0.0603. The van der Waals surface area contributed by atoms with Gasteiger partial charge in [0, 0.05) is 20.2 Å². The van der Waals surface area contributed by atoms with Gasteiger partial charge in [-0.2, -0.15) is 5.10 Å². The number of ether oxygens (including phenoxy) is 2. The molecule has 0 aliphatic carbocycles. The third kappa shape index (κ3) is 3.13. The molecule has 1 aromatic heterocycles. The minimum Gasteiger partial charge on any atom is -0.465 e. The van der Waals surface area contributed by atoms with E-state index in [1.165, 1.54) is 7.11 Å². The van der Waals surface area contributed by atoms with E-state index in [0.717, 1.165) is 6.42 Å². The summed E-state index contributed by atoms with van der Waals surface area (Å²) in [4.78, 5) is 11.7. The molecule has 0 unspecified atom stereocenters. The van der Waals surface area contributed by atoms with Gasteiger partial charge in [0.1, 0.15) is 11.4 Å². The van der Waals surface area contributed by atoms with Crippen LogP contribution < -0.4 is 11.1 Å². The van der Waals surface area contributed by atoms with Gasteiger partial charge in [0.25, 0.3) is 0 Å². The molecule has 0 aliphatic heterocycles. The Bertz CT molecular complexity index is 403. The Morgan fingerprint density at radius 2 is 2.22 bits per heavy atom. The smallest absolute Gasteiger partial charge is 0.345 e.